The third-order valence-electron chi connectivity index (χ3n) is 11.0. The monoisotopic (exact) mass is 727 g/mol. The summed E-state index contributed by atoms with van der Waals surface area (Å²) >= 11 is 6.20. The lowest BCUT2D eigenvalue weighted by Gasteiger charge is -2.38. The molecule has 4 amide bonds. The lowest BCUT2D eigenvalue weighted by Crippen LogP contribution is -2.52. The average Bonchev–Trinajstić information content (AvgIpc) is 3.64. The molecule has 2 saturated heterocycles. The molecule has 0 spiro atoms. The maximum atomic E-state index is 14.0. The first-order chi connectivity index (χ1) is 25.2. The van der Waals surface area contributed by atoms with E-state index in [0.717, 1.165) is 47.7 Å². The van der Waals surface area contributed by atoms with Gasteiger partial charge in [-0.25, -0.2) is 9.97 Å². The molecule has 4 aliphatic rings. The summed E-state index contributed by atoms with van der Waals surface area (Å²) in [6.07, 6.45) is 3.95. The second kappa shape index (κ2) is 15.7. The van der Waals surface area contributed by atoms with Crippen LogP contribution >= 0.6 is 11.6 Å². The number of benzene rings is 2. The lowest BCUT2D eigenvalue weighted by molar-refractivity contribution is -0.137. The highest BCUT2D eigenvalue weighted by molar-refractivity contribution is 6.30. The van der Waals surface area contributed by atoms with Gasteiger partial charge in [0, 0.05) is 68.4 Å². The highest BCUT2D eigenvalue weighted by Crippen LogP contribution is 2.44. The second-order valence-corrected chi connectivity index (χ2v) is 14.8. The van der Waals surface area contributed by atoms with Crippen LogP contribution in [0.25, 0.3) is 0 Å². The molecule has 3 aromatic rings. The minimum absolute atomic E-state index is 0.0872. The predicted octanol–water partition coefficient (Wildman–Crippen LogP) is 3.78. The van der Waals surface area contributed by atoms with Crippen LogP contribution in [0.4, 0.5) is 5.82 Å². The van der Waals surface area contributed by atoms with Gasteiger partial charge in [-0.3, -0.25) is 24.5 Å². The molecule has 4 atom stereocenters. The van der Waals surface area contributed by atoms with Gasteiger partial charge in [-0.15, -0.1) is 0 Å². The molecular weight excluding hydrogens is 682 g/mol. The van der Waals surface area contributed by atoms with Gasteiger partial charge in [0.05, 0.1) is 24.8 Å². The van der Waals surface area contributed by atoms with Crippen molar-refractivity contribution < 1.29 is 23.9 Å². The average molecular weight is 728 g/mol. The van der Waals surface area contributed by atoms with Crippen molar-refractivity contribution in [3.05, 3.63) is 87.3 Å². The predicted molar refractivity (Wildman–Crippen MR) is 196 cm³/mol. The minimum Gasteiger partial charge on any atom is -0.380 e. The van der Waals surface area contributed by atoms with Crippen molar-refractivity contribution in [2.75, 3.05) is 57.4 Å². The summed E-state index contributed by atoms with van der Waals surface area (Å²) < 4.78 is 5.98. The van der Waals surface area contributed by atoms with Crippen LogP contribution in [-0.4, -0.2) is 102 Å². The summed E-state index contributed by atoms with van der Waals surface area (Å²) in [4.78, 5) is 66.4. The molecule has 0 bridgehead atoms. The number of piperazine rings is 1. The van der Waals surface area contributed by atoms with Crippen molar-refractivity contribution in [3.8, 4) is 0 Å². The van der Waals surface area contributed by atoms with E-state index in [1.165, 1.54) is 5.56 Å². The quantitative estimate of drug-likeness (QED) is 0.211. The Labute approximate surface area is 309 Å². The van der Waals surface area contributed by atoms with Crippen LogP contribution in [0.5, 0.6) is 0 Å². The fourth-order valence-corrected chi connectivity index (χ4v) is 8.36. The molecule has 3 aliphatic heterocycles. The number of nitrogens with one attached hydrogen (secondary N) is 2. The Balaban J connectivity index is 0.900. The number of halogens is 1. The van der Waals surface area contributed by atoms with E-state index in [2.05, 4.69) is 34.4 Å². The van der Waals surface area contributed by atoms with E-state index in [9.17, 15) is 19.2 Å². The molecule has 1 aromatic heterocycles. The van der Waals surface area contributed by atoms with Crippen molar-refractivity contribution in [3.63, 3.8) is 0 Å². The van der Waals surface area contributed by atoms with Gasteiger partial charge in [0.15, 0.2) is 0 Å². The van der Waals surface area contributed by atoms with E-state index < -0.39 is 11.9 Å². The number of piperidine rings is 1. The van der Waals surface area contributed by atoms with Gasteiger partial charge in [0.25, 0.3) is 5.91 Å². The molecule has 274 valence electrons. The molecule has 2 fully saturated rings. The summed E-state index contributed by atoms with van der Waals surface area (Å²) in [5.74, 6) is 0.699. The number of hydrogen-bond acceptors (Lipinski definition) is 9. The Morgan fingerprint density at radius 1 is 1.02 bits per heavy atom. The van der Waals surface area contributed by atoms with E-state index in [0.29, 0.717) is 81.2 Å². The zero-order valence-corrected chi connectivity index (χ0v) is 30.5. The highest BCUT2D eigenvalue weighted by Gasteiger charge is 2.40. The molecule has 13 heteroatoms. The van der Waals surface area contributed by atoms with Crippen LogP contribution in [0.15, 0.2) is 48.8 Å². The van der Waals surface area contributed by atoms with Crippen LogP contribution in [-0.2, 0) is 32.1 Å². The summed E-state index contributed by atoms with van der Waals surface area (Å²) in [7, 11) is 0. The topological polar surface area (TPSA) is 137 Å². The number of carbonyl (C=O) groups is 4. The zero-order chi connectivity index (χ0) is 36.4. The number of nitrogens with zero attached hydrogens (tertiary/aromatic N) is 5. The maximum Gasteiger partial charge on any atom is 0.255 e. The third-order valence-corrected chi connectivity index (χ3v) is 11.2. The summed E-state index contributed by atoms with van der Waals surface area (Å²) in [6, 6.07) is 12.5. The number of imide groups is 1. The molecule has 0 saturated carbocycles. The SMILES string of the molecule is C[C@@H]1C[C@@H](C)c2c1ncnc2N1CCN(C(=O)[C@H](CNCCOCCc2cccc3c2CN(C2CCC(=O)NC2=O)C3=O)c2ccc(Cl)cc2)CC1. The Morgan fingerprint density at radius 3 is 2.58 bits per heavy atom. The molecule has 12 nitrogen and oxygen atoms in total. The molecule has 2 N–H and O–H groups in total. The smallest absolute Gasteiger partial charge is 0.255 e. The van der Waals surface area contributed by atoms with E-state index in [1.54, 1.807) is 17.3 Å². The summed E-state index contributed by atoms with van der Waals surface area (Å²) in [5, 5.41) is 6.42. The molecule has 1 aliphatic carbocycles. The molecule has 0 radical (unpaired) electrons. The first kappa shape index (κ1) is 36.0. The van der Waals surface area contributed by atoms with Crippen molar-refractivity contribution in [1.82, 2.24) is 30.4 Å². The van der Waals surface area contributed by atoms with E-state index >= 15 is 0 Å². The van der Waals surface area contributed by atoms with Crippen LogP contribution in [0.1, 0.15) is 89.2 Å². The lowest BCUT2D eigenvalue weighted by atomic mass is 9.97. The Morgan fingerprint density at radius 2 is 1.81 bits per heavy atom. The van der Waals surface area contributed by atoms with Crippen LogP contribution in [0.3, 0.4) is 0 Å². The first-order valence-corrected chi connectivity index (χ1v) is 18.7. The molecule has 1 unspecified atom stereocenters. The number of rotatable bonds is 12. The van der Waals surface area contributed by atoms with Crippen molar-refractivity contribution in [1.29, 1.82) is 0 Å². The Hall–Kier alpha value is -4.39. The minimum atomic E-state index is -0.640. The Kier molecular flexibility index (Phi) is 10.9. The normalized spacial score (nSPS) is 22.0. The van der Waals surface area contributed by atoms with Gasteiger partial charge in [-0.05, 0) is 66.0 Å². The fourth-order valence-electron chi connectivity index (χ4n) is 8.24. The molecule has 4 heterocycles. The van der Waals surface area contributed by atoms with Crippen LogP contribution < -0.4 is 15.5 Å². The van der Waals surface area contributed by atoms with Crippen molar-refractivity contribution in [2.24, 2.45) is 0 Å². The van der Waals surface area contributed by atoms with Gasteiger partial charge in [-0.2, -0.15) is 0 Å². The van der Waals surface area contributed by atoms with Gasteiger partial charge < -0.3 is 24.8 Å². The summed E-state index contributed by atoms with van der Waals surface area (Å²) in [6.45, 7) is 9.45. The zero-order valence-electron chi connectivity index (χ0n) is 29.8. The number of amides is 4. The highest BCUT2D eigenvalue weighted by atomic mass is 35.5. The molecule has 52 heavy (non-hydrogen) atoms. The molecule has 2 aromatic carbocycles. The number of anilines is 1. The maximum absolute atomic E-state index is 14.0. The Bertz CT molecular complexity index is 1830. The van der Waals surface area contributed by atoms with E-state index in [1.807, 2.05) is 41.3 Å². The van der Waals surface area contributed by atoms with Gasteiger partial charge in [-0.1, -0.05) is 49.7 Å². The van der Waals surface area contributed by atoms with Crippen molar-refractivity contribution >= 4 is 41.0 Å². The first-order valence-electron chi connectivity index (χ1n) is 18.4. The fraction of sp³-hybridized carbons (Fsp3) is 0.487. The van der Waals surface area contributed by atoms with Crippen LogP contribution in [0.2, 0.25) is 5.02 Å². The van der Waals surface area contributed by atoms with Gasteiger partial charge >= 0.3 is 0 Å². The van der Waals surface area contributed by atoms with Gasteiger partial charge in [0.2, 0.25) is 17.7 Å². The molecule has 7 rings (SSSR count). The van der Waals surface area contributed by atoms with E-state index in [-0.39, 0.29) is 30.1 Å². The molecular formula is C39H46ClN7O5. The van der Waals surface area contributed by atoms with Crippen molar-refractivity contribution in [2.45, 2.75) is 69.9 Å². The number of hydrogen-bond donors (Lipinski definition) is 2. The number of fused-ring (bicyclic) bond motifs is 2. The standard InChI is InChI=1S/C39H46ClN7O5/c1-24-20-25(2)35-34(24)36(43-23-42-35)45-14-16-46(17-15-45)38(50)30(27-6-8-28(40)9-7-27)21-41-13-19-52-18-12-26-4-3-5-29-31(26)22-47(39(29)51)32-10-11-33(48)44-37(32)49/h3-9,23-25,30,32,41H,10-22H2,1-2H3,(H,44,48,49)/t24-,25-,30-,32?/m1/s1. The second-order valence-electron chi connectivity index (χ2n) is 14.4. The summed E-state index contributed by atoms with van der Waals surface area (Å²) in [5.41, 5.74) is 5.86. The number of carbonyl (C=O) groups excluding carboxylic acids is 4. The van der Waals surface area contributed by atoms with Crippen LogP contribution in [0, 0.1) is 0 Å². The largest absolute Gasteiger partial charge is 0.380 e. The van der Waals surface area contributed by atoms with E-state index in [4.69, 9.17) is 21.3 Å². The third kappa shape index (κ3) is 7.42. The number of ether oxygens (including phenoxy) is 1. The number of aromatic nitrogens is 2. The van der Waals surface area contributed by atoms with Gasteiger partial charge in [0.1, 0.15) is 18.2 Å².